The van der Waals surface area contributed by atoms with E-state index in [1.54, 1.807) is 24.3 Å². The fraction of sp³-hybridized carbons (Fsp3) is 0.364. The Hall–Kier alpha value is -2.47. The van der Waals surface area contributed by atoms with Gasteiger partial charge in [0.05, 0.1) is 5.69 Å². The third-order valence-corrected chi connectivity index (χ3v) is 5.17. The molecule has 0 saturated carbocycles. The van der Waals surface area contributed by atoms with Crippen molar-refractivity contribution >= 4 is 34.6 Å². The van der Waals surface area contributed by atoms with Crippen LogP contribution in [0.1, 0.15) is 54.9 Å². The summed E-state index contributed by atoms with van der Waals surface area (Å²) in [6, 6.07) is 12.4. The monoisotopic (exact) mass is 399 g/mol. The van der Waals surface area contributed by atoms with Gasteiger partial charge in [0.25, 0.3) is 5.91 Å². The Balaban J connectivity index is 1.59. The third kappa shape index (κ3) is 5.07. The SMILES string of the molecule is CC(C)c1ccc(C(=O)NC(=S)Nc2ccc(N3CCCCC3)c(F)c2)cc1. The van der Waals surface area contributed by atoms with Crippen molar-refractivity contribution in [3.63, 3.8) is 0 Å². The Bertz CT molecular complexity index is 845. The van der Waals surface area contributed by atoms with Crippen molar-refractivity contribution in [3.05, 3.63) is 59.4 Å². The highest BCUT2D eigenvalue weighted by Crippen LogP contribution is 2.25. The Kier molecular flexibility index (Phi) is 6.62. The first-order valence-corrected chi connectivity index (χ1v) is 10.1. The summed E-state index contributed by atoms with van der Waals surface area (Å²) < 4.78 is 14.5. The lowest BCUT2D eigenvalue weighted by molar-refractivity contribution is 0.0977. The van der Waals surface area contributed by atoms with E-state index in [1.165, 1.54) is 18.1 Å². The number of piperidine rings is 1. The van der Waals surface area contributed by atoms with E-state index < -0.39 is 0 Å². The molecule has 1 aliphatic heterocycles. The molecule has 0 aliphatic carbocycles. The van der Waals surface area contributed by atoms with E-state index in [4.69, 9.17) is 12.2 Å². The molecule has 0 unspecified atom stereocenters. The number of hydrogen-bond donors (Lipinski definition) is 2. The standard InChI is InChI=1S/C22H26FN3OS/c1-15(2)16-6-8-17(9-7-16)21(27)25-22(28)24-18-10-11-20(19(23)14-18)26-12-4-3-5-13-26/h6-11,14-15H,3-5,12-13H2,1-2H3,(H2,24,25,27,28). The fourth-order valence-corrected chi connectivity index (χ4v) is 3.54. The summed E-state index contributed by atoms with van der Waals surface area (Å²) >= 11 is 5.20. The molecule has 1 saturated heterocycles. The first-order valence-electron chi connectivity index (χ1n) is 9.71. The number of carbonyl (C=O) groups is 1. The van der Waals surface area contributed by atoms with Crippen LogP contribution in [0.25, 0.3) is 0 Å². The van der Waals surface area contributed by atoms with E-state index in [9.17, 15) is 9.18 Å². The highest BCUT2D eigenvalue weighted by Gasteiger charge is 2.15. The van der Waals surface area contributed by atoms with Crippen LogP contribution < -0.4 is 15.5 Å². The molecule has 148 valence electrons. The molecule has 1 amide bonds. The van der Waals surface area contributed by atoms with Crippen molar-refractivity contribution in [2.24, 2.45) is 0 Å². The van der Waals surface area contributed by atoms with E-state index >= 15 is 0 Å². The molecule has 0 radical (unpaired) electrons. The molecule has 1 fully saturated rings. The molecular formula is C22H26FN3OS. The first-order chi connectivity index (χ1) is 13.4. The molecule has 2 aromatic carbocycles. The summed E-state index contributed by atoms with van der Waals surface area (Å²) in [5.74, 6) is -0.175. The molecular weight excluding hydrogens is 373 g/mol. The van der Waals surface area contributed by atoms with Crippen LogP contribution >= 0.6 is 12.2 Å². The zero-order valence-corrected chi connectivity index (χ0v) is 17.1. The van der Waals surface area contributed by atoms with Crippen LogP contribution in [0, 0.1) is 5.82 Å². The van der Waals surface area contributed by atoms with Gasteiger partial charge >= 0.3 is 0 Å². The lowest BCUT2D eigenvalue weighted by Gasteiger charge is -2.29. The van der Waals surface area contributed by atoms with Crippen LogP contribution in [-0.4, -0.2) is 24.1 Å². The molecule has 4 nitrogen and oxygen atoms in total. The lowest BCUT2D eigenvalue weighted by Crippen LogP contribution is -2.34. The van der Waals surface area contributed by atoms with Gasteiger partial charge in [0.2, 0.25) is 0 Å². The van der Waals surface area contributed by atoms with E-state index in [0.29, 0.717) is 22.9 Å². The van der Waals surface area contributed by atoms with Crippen LogP contribution in [0.2, 0.25) is 0 Å². The minimum Gasteiger partial charge on any atom is -0.369 e. The van der Waals surface area contributed by atoms with Crippen LogP contribution in [-0.2, 0) is 0 Å². The normalized spacial score (nSPS) is 14.1. The number of hydrogen-bond acceptors (Lipinski definition) is 3. The second-order valence-corrected chi connectivity index (χ2v) is 7.81. The number of amides is 1. The van der Waals surface area contributed by atoms with Crippen LogP contribution in [0.5, 0.6) is 0 Å². The highest BCUT2D eigenvalue weighted by molar-refractivity contribution is 7.80. The van der Waals surface area contributed by atoms with Crippen molar-refractivity contribution in [2.75, 3.05) is 23.3 Å². The van der Waals surface area contributed by atoms with Crippen molar-refractivity contribution < 1.29 is 9.18 Å². The van der Waals surface area contributed by atoms with Crippen LogP contribution in [0.4, 0.5) is 15.8 Å². The van der Waals surface area contributed by atoms with Gasteiger partial charge in [0.15, 0.2) is 5.11 Å². The average molecular weight is 400 g/mol. The van der Waals surface area contributed by atoms with Gasteiger partial charge < -0.3 is 10.2 Å². The Morgan fingerprint density at radius 3 is 2.36 bits per heavy atom. The van der Waals surface area contributed by atoms with Gasteiger partial charge in [-0.1, -0.05) is 26.0 Å². The number of nitrogens with one attached hydrogen (secondary N) is 2. The van der Waals surface area contributed by atoms with E-state index in [0.717, 1.165) is 25.9 Å². The van der Waals surface area contributed by atoms with Gasteiger partial charge in [-0.15, -0.1) is 0 Å². The van der Waals surface area contributed by atoms with Crippen LogP contribution in [0.3, 0.4) is 0 Å². The van der Waals surface area contributed by atoms with E-state index in [1.807, 2.05) is 12.1 Å². The molecule has 0 bridgehead atoms. The number of carbonyl (C=O) groups excluding carboxylic acids is 1. The maximum atomic E-state index is 14.5. The number of anilines is 2. The van der Waals surface area contributed by atoms with Gasteiger partial charge in [-0.2, -0.15) is 0 Å². The van der Waals surface area contributed by atoms with Crippen molar-refractivity contribution in [1.29, 1.82) is 0 Å². The third-order valence-electron chi connectivity index (χ3n) is 4.97. The Morgan fingerprint density at radius 2 is 1.75 bits per heavy atom. The Morgan fingerprint density at radius 1 is 1.07 bits per heavy atom. The molecule has 6 heteroatoms. The molecule has 28 heavy (non-hydrogen) atoms. The molecule has 1 aliphatic rings. The highest BCUT2D eigenvalue weighted by atomic mass is 32.1. The van der Waals surface area contributed by atoms with Crippen molar-refractivity contribution in [3.8, 4) is 0 Å². The largest absolute Gasteiger partial charge is 0.369 e. The number of thiocarbonyl (C=S) groups is 1. The summed E-state index contributed by atoms with van der Waals surface area (Å²) in [5, 5.41) is 5.67. The van der Waals surface area contributed by atoms with Crippen molar-refractivity contribution in [2.45, 2.75) is 39.0 Å². The smallest absolute Gasteiger partial charge is 0.257 e. The first kappa shape index (κ1) is 20.3. The summed E-state index contributed by atoms with van der Waals surface area (Å²) in [4.78, 5) is 14.4. The summed E-state index contributed by atoms with van der Waals surface area (Å²) in [5.41, 5.74) is 2.82. The quantitative estimate of drug-likeness (QED) is 0.705. The molecule has 2 N–H and O–H groups in total. The summed E-state index contributed by atoms with van der Waals surface area (Å²) in [7, 11) is 0. The predicted molar refractivity (Wildman–Crippen MR) is 117 cm³/mol. The molecule has 2 aromatic rings. The maximum absolute atomic E-state index is 14.5. The molecule has 0 atom stereocenters. The number of nitrogens with zero attached hydrogens (tertiary/aromatic N) is 1. The second kappa shape index (κ2) is 9.15. The average Bonchev–Trinajstić information content (AvgIpc) is 2.68. The molecule has 0 aromatic heterocycles. The van der Waals surface area contributed by atoms with Crippen LogP contribution in [0.15, 0.2) is 42.5 Å². The van der Waals surface area contributed by atoms with E-state index in [2.05, 4.69) is 29.4 Å². The second-order valence-electron chi connectivity index (χ2n) is 7.40. The van der Waals surface area contributed by atoms with Gasteiger partial charge in [-0.25, -0.2) is 4.39 Å². The van der Waals surface area contributed by atoms with E-state index in [-0.39, 0.29) is 16.8 Å². The topological polar surface area (TPSA) is 44.4 Å². The number of halogens is 1. The zero-order chi connectivity index (χ0) is 20.1. The lowest BCUT2D eigenvalue weighted by atomic mass is 10.0. The molecule has 3 rings (SSSR count). The minimum atomic E-state index is -0.293. The van der Waals surface area contributed by atoms with Gasteiger partial charge in [-0.3, -0.25) is 10.1 Å². The zero-order valence-electron chi connectivity index (χ0n) is 16.3. The van der Waals surface area contributed by atoms with Crippen molar-refractivity contribution in [1.82, 2.24) is 5.32 Å². The number of rotatable bonds is 4. The van der Waals surface area contributed by atoms with Gasteiger partial charge in [-0.05, 0) is 73.3 Å². The number of benzene rings is 2. The fourth-order valence-electron chi connectivity index (χ4n) is 3.33. The van der Waals surface area contributed by atoms with Gasteiger partial charge in [0.1, 0.15) is 5.82 Å². The minimum absolute atomic E-state index is 0.142. The van der Waals surface area contributed by atoms with Gasteiger partial charge in [0, 0.05) is 24.3 Å². The molecule has 1 heterocycles. The Labute approximate surface area is 171 Å². The summed E-state index contributed by atoms with van der Waals surface area (Å²) in [6.07, 6.45) is 3.38. The summed E-state index contributed by atoms with van der Waals surface area (Å²) in [6.45, 7) is 5.97. The maximum Gasteiger partial charge on any atom is 0.257 e. The predicted octanol–water partition coefficient (Wildman–Crippen LogP) is 5.07. The molecule has 0 spiro atoms.